The van der Waals surface area contributed by atoms with Gasteiger partial charge in [0.05, 0.1) is 21.6 Å². The van der Waals surface area contributed by atoms with Crippen LogP contribution >= 0.6 is 11.8 Å². The van der Waals surface area contributed by atoms with Crippen LogP contribution in [0.5, 0.6) is 0 Å². The molecule has 1 fully saturated rings. The van der Waals surface area contributed by atoms with Crippen LogP contribution in [0.1, 0.15) is 21.5 Å². The molecule has 208 valence electrons. The summed E-state index contributed by atoms with van der Waals surface area (Å²) in [7, 11) is -7.19. The number of rotatable bonds is 10. The molecule has 0 radical (unpaired) electrons. The molecule has 39 heavy (non-hydrogen) atoms. The van der Waals surface area contributed by atoms with Gasteiger partial charge >= 0.3 is 0 Å². The summed E-state index contributed by atoms with van der Waals surface area (Å²) in [5, 5.41) is -1.32. The number of hydrogen-bond donors (Lipinski definition) is 0. The SMILES string of the molecule is COC1OC(COS(=O)(=O)c2ccc(C)cc2)C(OS(=O)(=O)c2ccc(C)cc2)C1SC(=O)c1ccccc1. The van der Waals surface area contributed by atoms with E-state index in [1.165, 1.54) is 31.4 Å². The second kappa shape index (κ2) is 12.3. The van der Waals surface area contributed by atoms with Crippen molar-refractivity contribution in [2.75, 3.05) is 13.7 Å². The van der Waals surface area contributed by atoms with Crippen molar-refractivity contribution in [3.8, 4) is 0 Å². The van der Waals surface area contributed by atoms with E-state index in [9.17, 15) is 21.6 Å². The first-order valence-corrected chi connectivity index (χ1v) is 15.6. The van der Waals surface area contributed by atoms with Crippen molar-refractivity contribution in [3.63, 3.8) is 0 Å². The van der Waals surface area contributed by atoms with Gasteiger partial charge in [-0.05, 0) is 38.1 Å². The van der Waals surface area contributed by atoms with E-state index in [-0.39, 0.29) is 14.9 Å². The third-order valence-electron chi connectivity index (χ3n) is 6.00. The fraction of sp³-hybridized carbons (Fsp3) is 0.296. The highest BCUT2D eigenvalue weighted by atomic mass is 32.2. The summed E-state index contributed by atoms with van der Waals surface area (Å²) in [5.41, 5.74) is 2.11. The van der Waals surface area contributed by atoms with E-state index < -0.39 is 50.6 Å². The standard InChI is InChI=1S/C27H28O9S3/c1-18-9-13-21(14-10-18)38(29,30)34-17-23-24(36-39(31,32)22-15-11-19(2)12-16-22)25(27(33-3)35-23)37-26(28)20-7-5-4-6-8-20/h4-16,23-25,27H,17H2,1-3H3. The van der Waals surface area contributed by atoms with E-state index in [1.807, 2.05) is 13.8 Å². The molecular formula is C27H28O9S3. The van der Waals surface area contributed by atoms with Gasteiger partial charge in [-0.15, -0.1) is 0 Å². The highest BCUT2D eigenvalue weighted by molar-refractivity contribution is 8.14. The Morgan fingerprint density at radius 1 is 0.821 bits per heavy atom. The molecule has 4 unspecified atom stereocenters. The van der Waals surface area contributed by atoms with Gasteiger partial charge in [-0.3, -0.25) is 13.2 Å². The summed E-state index contributed by atoms with van der Waals surface area (Å²) in [6.07, 6.45) is -3.60. The molecule has 4 rings (SSSR count). The van der Waals surface area contributed by atoms with Crippen LogP contribution in [0.4, 0.5) is 0 Å². The van der Waals surface area contributed by atoms with E-state index >= 15 is 0 Å². The minimum absolute atomic E-state index is 0.0654. The van der Waals surface area contributed by atoms with E-state index in [0.717, 1.165) is 22.9 Å². The first kappa shape index (κ1) is 29.4. The van der Waals surface area contributed by atoms with Crippen molar-refractivity contribution in [2.45, 2.75) is 47.4 Å². The van der Waals surface area contributed by atoms with Crippen molar-refractivity contribution in [1.29, 1.82) is 0 Å². The van der Waals surface area contributed by atoms with Crippen LogP contribution < -0.4 is 0 Å². The second-order valence-corrected chi connectivity index (χ2v) is 13.2. The summed E-state index contributed by atoms with van der Waals surface area (Å²) < 4.78 is 74.2. The Bertz CT molecular complexity index is 1490. The molecule has 1 heterocycles. The minimum atomic E-state index is -4.33. The smallest absolute Gasteiger partial charge is 0.297 e. The minimum Gasteiger partial charge on any atom is -0.355 e. The molecule has 0 aromatic heterocycles. The Hall–Kier alpha value is -2.58. The van der Waals surface area contributed by atoms with Gasteiger partial charge in [0, 0.05) is 12.7 Å². The molecule has 1 aliphatic rings. The van der Waals surface area contributed by atoms with E-state index in [4.69, 9.17) is 17.8 Å². The van der Waals surface area contributed by atoms with Crippen LogP contribution in [-0.2, 0) is 38.1 Å². The normalized spacial score (nSPS) is 21.6. The molecule has 0 amide bonds. The fourth-order valence-corrected chi connectivity index (χ4v) is 7.14. The van der Waals surface area contributed by atoms with Crippen molar-refractivity contribution < 1.29 is 39.5 Å². The van der Waals surface area contributed by atoms with Gasteiger partial charge in [0.2, 0.25) is 5.12 Å². The van der Waals surface area contributed by atoms with Crippen molar-refractivity contribution in [3.05, 3.63) is 95.6 Å². The third kappa shape index (κ3) is 7.14. The second-order valence-electron chi connectivity index (χ2n) is 8.89. The Labute approximate surface area is 232 Å². The van der Waals surface area contributed by atoms with Crippen LogP contribution in [0.25, 0.3) is 0 Å². The van der Waals surface area contributed by atoms with Gasteiger partial charge < -0.3 is 9.47 Å². The van der Waals surface area contributed by atoms with Crippen LogP contribution in [0.3, 0.4) is 0 Å². The molecule has 0 saturated carbocycles. The predicted molar refractivity (Wildman–Crippen MR) is 145 cm³/mol. The molecule has 4 atom stereocenters. The van der Waals surface area contributed by atoms with Crippen LogP contribution in [0.15, 0.2) is 88.7 Å². The van der Waals surface area contributed by atoms with E-state index in [0.29, 0.717) is 5.56 Å². The van der Waals surface area contributed by atoms with Gasteiger partial charge in [-0.2, -0.15) is 16.8 Å². The maximum Gasteiger partial charge on any atom is 0.297 e. The lowest BCUT2D eigenvalue weighted by atomic mass is 10.2. The molecule has 12 heteroatoms. The molecule has 0 spiro atoms. The van der Waals surface area contributed by atoms with Crippen molar-refractivity contribution in [1.82, 2.24) is 0 Å². The average Bonchev–Trinajstić information content (AvgIpc) is 3.23. The summed E-state index contributed by atoms with van der Waals surface area (Å²) in [6.45, 7) is 3.06. The zero-order chi connectivity index (χ0) is 28.2. The van der Waals surface area contributed by atoms with E-state index in [2.05, 4.69) is 0 Å². The third-order valence-corrected chi connectivity index (χ3v) is 9.83. The summed E-state index contributed by atoms with van der Waals surface area (Å²) >= 11 is 0.791. The number of ether oxygens (including phenoxy) is 2. The average molecular weight is 593 g/mol. The lowest BCUT2D eigenvalue weighted by Gasteiger charge is -2.22. The largest absolute Gasteiger partial charge is 0.355 e. The molecule has 1 aliphatic heterocycles. The lowest BCUT2D eigenvalue weighted by molar-refractivity contribution is -0.122. The van der Waals surface area contributed by atoms with E-state index in [1.54, 1.807) is 54.6 Å². The molecule has 0 aliphatic carbocycles. The highest BCUT2D eigenvalue weighted by Gasteiger charge is 2.50. The Kier molecular flexibility index (Phi) is 9.27. The van der Waals surface area contributed by atoms with Crippen LogP contribution in [0.2, 0.25) is 0 Å². The number of methoxy groups -OCH3 is 1. The molecule has 3 aromatic carbocycles. The Morgan fingerprint density at radius 2 is 1.36 bits per heavy atom. The first-order chi connectivity index (χ1) is 18.5. The summed E-state index contributed by atoms with van der Waals surface area (Å²) in [6, 6.07) is 20.6. The molecule has 0 N–H and O–H groups in total. The van der Waals surface area contributed by atoms with Gasteiger partial charge in [0.25, 0.3) is 20.2 Å². The van der Waals surface area contributed by atoms with Crippen molar-refractivity contribution >= 4 is 37.1 Å². The molecule has 1 saturated heterocycles. The Morgan fingerprint density at radius 3 is 1.90 bits per heavy atom. The quantitative estimate of drug-likeness (QED) is 0.318. The molecule has 3 aromatic rings. The fourth-order valence-electron chi connectivity index (χ4n) is 3.86. The van der Waals surface area contributed by atoms with Crippen LogP contribution in [0, 0.1) is 13.8 Å². The lowest BCUT2D eigenvalue weighted by Crippen LogP contribution is -2.38. The number of carbonyl (C=O) groups is 1. The first-order valence-electron chi connectivity index (χ1n) is 11.9. The Balaban J connectivity index is 1.62. The number of carbonyl (C=O) groups excluding carboxylic acids is 1. The van der Waals surface area contributed by atoms with Gasteiger partial charge in [0.15, 0.2) is 6.29 Å². The molecule has 9 nitrogen and oxygen atoms in total. The number of benzene rings is 3. The zero-order valence-corrected chi connectivity index (χ0v) is 23.9. The number of thioether (sulfide) groups is 1. The van der Waals surface area contributed by atoms with Gasteiger partial charge in [-0.25, -0.2) is 0 Å². The maximum atomic E-state index is 13.2. The maximum absolute atomic E-state index is 13.2. The number of aryl methyl sites for hydroxylation is 2. The number of hydrogen-bond acceptors (Lipinski definition) is 10. The predicted octanol–water partition coefficient (Wildman–Crippen LogP) is 4.10. The molecular weight excluding hydrogens is 564 g/mol. The summed E-state index contributed by atoms with van der Waals surface area (Å²) in [4.78, 5) is 12.9. The van der Waals surface area contributed by atoms with Crippen LogP contribution in [-0.4, -0.2) is 59.4 Å². The monoisotopic (exact) mass is 592 g/mol. The molecule has 0 bridgehead atoms. The van der Waals surface area contributed by atoms with Crippen molar-refractivity contribution in [2.24, 2.45) is 0 Å². The van der Waals surface area contributed by atoms with Gasteiger partial charge in [0.1, 0.15) is 12.2 Å². The highest BCUT2D eigenvalue weighted by Crippen LogP contribution is 2.37. The van der Waals surface area contributed by atoms with Gasteiger partial charge in [-0.1, -0.05) is 77.5 Å². The topological polar surface area (TPSA) is 122 Å². The summed E-state index contributed by atoms with van der Waals surface area (Å²) in [5.74, 6) is 0. The zero-order valence-electron chi connectivity index (χ0n) is 21.4.